The van der Waals surface area contributed by atoms with Gasteiger partial charge in [0.05, 0.1) is 29.7 Å². The van der Waals surface area contributed by atoms with Gasteiger partial charge in [0.2, 0.25) is 0 Å². The van der Waals surface area contributed by atoms with Crippen LogP contribution in [-0.4, -0.2) is 66.2 Å². The summed E-state index contributed by atoms with van der Waals surface area (Å²) in [5, 5.41) is 9.57. The van der Waals surface area contributed by atoms with Gasteiger partial charge in [-0.25, -0.2) is 0 Å². The monoisotopic (exact) mass is 392 g/mol. The molecule has 4 rings (SSSR count). The number of nitrogens with zero attached hydrogens (tertiary/aromatic N) is 2. The van der Waals surface area contributed by atoms with Gasteiger partial charge in [-0.3, -0.25) is 4.79 Å². The van der Waals surface area contributed by atoms with Crippen molar-refractivity contribution in [2.75, 3.05) is 39.4 Å². The first kappa shape index (κ1) is 19.4. The summed E-state index contributed by atoms with van der Waals surface area (Å²) in [7, 11) is 0. The Labute approximate surface area is 166 Å². The molecule has 3 aliphatic heterocycles. The number of carbonyl (C=O) groups is 1. The van der Waals surface area contributed by atoms with E-state index < -0.39 is 0 Å². The van der Waals surface area contributed by atoms with E-state index in [-0.39, 0.29) is 24.2 Å². The number of thiophene rings is 1. The summed E-state index contributed by atoms with van der Waals surface area (Å²) in [6.45, 7) is 9.41. The zero-order valence-corrected chi connectivity index (χ0v) is 17.4. The van der Waals surface area contributed by atoms with Crippen molar-refractivity contribution >= 4 is 17.2 Å². The van der Waals surface area contributed by atoms with Gasteiger partial charge in [0, 0.05) is 37.5 Å². The quantitative estimate of drug-likeness (QED) is 0.856. The number of hydrogen-bond acceptors (Lipinski definition) is 5. The summed E-state index contributed by atoms with van der Waals surface area (Å²) in [6, 6.07) is 2.10. The van der Waals surface area contributed by atoms with Crippen LogP contribution in [0.1, 0.15) is 59.6 Å². The van der Waals surface area contributed by atoms with E-state index in [0.29, 0.717) is 5.92 Å². The molecule has 3 aliphatic rings. The number of aliphatic hydroxyl groups is 1. The van der Waals surface area contributed by atoms with E-state index >= 15 is 0 Å². The molecule has 0 aliphatic carbocycles. The van der Waals surface area contributed by atoms with Crippen molar-refractivity contribution in [2.24, 2.45) is 5.92 Å². The molecule has 2 fully saturated rings. The number of aliphatic hydroxyl groups excluding tert-OH is 1. The average molecular weight is 393 g/mol. The molecule has 6 heteroatoms. The maximum absolute atomic E-state index is 13.1. The Balaban J connectivity index is 1.53. The number of carbonyl (C=O) groups excluding carboxylic acids is 1. The molecule has 5 nitrogen and oxygen atoms in total. The molecular weight excluding hydrogens is 360 g/mol. The molecule has 1 aromatic heterocycles. The van der Waals surface area contributed by atoms with E-state index in [1.54, 1.807) is 11.3 Å². The second-order valence-electron chi connectivity index (χ2n) is 8.71. The van der Waals surface area contributed by atoms with Crippen LogP contribution in [0.4, 0.5) is 0 Å². The Kier molecular flexibility index (Phi) is 5.61. The van der Waals surface area contributed by atoms with Gasteiger partial charge in [0.1, 0.15) is 0 Å². The van der Waals surface area contributed by atoms with Gasteiger partial charge in [-0.15, -0.1) is 11.3 Å². The standard InChI is InChI=1S/C21H32N2O3S/c1-15(2)13-22-9-6-21(7-10-22)17-12-19(27-18(17)5-11-26-21)20(25)23-8-3-4-16(23)14-24/h12,15-16,24H,3-11,13-14H2,1-2H3/t16-/m1/s1. The third-order valence-electron chi connectivity index (χ3n) is 6.35. The second kappa shape index (κ2) is 7.82. The minimum absolute atomic E-state index is 0.0129. The van der Waals surface area contributed by atoms with Gasteiger partial charge < -0.3 is 19.6 Å². The first-order chi connectivity index (χ1) is 13.0. The van der Waals surface area contributed by atoms with Gasteiger partial charge >= 0.3 is 0 Å². The topological polar surface area (TPSA) is 53.0 Å². The van der Waals surface area contributed by atoms with Crippen LogP contribution in [0.2, 0.25) is 0 Å². The Hall–Kier alpha value is -0.950. The molecule has 1 aromatic rings. The van der Waals surface area contributed by atoms with Gasteiger partial charge in [0.25, 0.3) is 5.91 Å². The molecule has 27 heavy (non-hydrogen) atoms. The molecule has 1 N–H and O–H groups in total. The highest BCUT2D eigenvalue weighted by atomic mass is 32.1. The van der Waals surface area contributed by atoms with Crippen molar-refractivity contribution in [3.63, 3.8) is 0 Å². The molecule has 1 spiro atoms. The minimum Gasteiger partial charge on any atom is -0.394 e. The first-order valence-electron chi connectivity index (χ1n) is 10.4. The van der Waals surface area contributed by atoms with E-state index in [0.717, 1.165) is 69.8 Å². The van der Waals surface area contributed by atoms with Crippen LogP contribution in [-0.2, 0) is 16.8 Å². The van der Waals surface area contributed by atoms with Crippen LogP contribution in [0.25, 0.3) is 0 Å². The Bertz CT molecular complexity index is 679. The Morgan fingerprint density at radius 2 is 2.15 bits per heavy atom. The normalized spacial score (nSPS) is 25.3. The van der Waals surface area contributed by atoms with Crippen molar-refractivity contribution in [1.29, 1.82) is 0 Å². The average Bonchev–Trinajstić information content (AvgIpc) is 3.30. The van der Waals surface area contributed by atoms with Gasteiger partial charge in [0.15, 0.2) is 0 Å². The summed E-state index contributed by atoms with van der Waals surface area (Å²) in [5.41, 5.74) is 1.07. The van der Waals surface area contributed by atoms with Gasteiger partial charge in [-0.05, 0) is 43.2 Å². The Morgan fingerprint density at radius 1 is 1.37 bits per heavy atom. The van der Waals surface area contributed by atoms with Crippen molar-refractivity contribution in [1.82, 2.24) is 9.80 Å². The lowest BCUT2D eigenvalue weighted by atomic mass is 9.82. The van der Waals surface area contributed by atoms with Crippen LogP contribution in [0.5, 0.6) is 0 Å². The lowest BCUT2D eigenvalue weighted by Gasteiger charge is -2.44. The van der Waals surface area contributed by atoms with Crippen LogP contribution in [0, 0.1) is 5.92 Å². The molecule has 1 amide bonds. The molecule has 2 saturated heterocycles. The summed E-state index contributed by atoms with van der Waals surface area (Å²) in [6.07, 6.45) is 4.83. The number of ether oxygens (including phenoxy) is 1. The summed E-state index contributed by atoms with van der Waals surface area (Å²) in [5.74, 6) is 0.783. The third kappa shape index (κ3) is 3.69. The molecule has 0 aromatic carbocycles. The van der Waals surface area contributed by atoms with Crippen molar-refractivity contribution in [2.45, 2.75) is 57.6 Å². The molecule has 4 heterocycles. The highest BCUT2D eigenvalue weighted by Gasteiger charge is 2.43. The van der Waals surface area contributed by atoms with Gasteiger partial charge in [-0.2, -0.15) is 0 Å². The lowest BCUT2D eigenvalue weighted by Crippen LogP contribution is -2.47. The van der Waals surface area contributed by atoms with Crippen LogP contribution >= 0.6 is 11.3 Å². The molecule has 0 radical (unpaired) electrons. The number of likely N-dealkylation sites (tertiary alicyclic amines) is 2. The zero-order chi connectivity index (χ0) is 19.0. The van der Waals surface area contributed by atoms with Crippen LogP contribution < -0.4 is 0 Å². The van der Waals surface area contributed by atoms with Crippen molar-refractivity contribution in [3.8, 4) is 0 Å². The van der Waals surface area contributed by atoms with Crippen LogP contribution in [0.15, 0.2) is 6.07 Å². The predicted molar refractivity (Wildman–Crippen MR) is 107 cm³/mol. The fourth-order valence-electron chi connectivity index (χ4n) is 4.98. The number of hydrogen-bond donors (Lipinski definition) is 1. The van der Waals surface area contributed by atoms with E-state index in [2.05, 4.69) is 24.8 Å². The fraction of sp³-hybridized carbons (Fsp3) is 0.762. The van der Waals surface area contributed by atoms with Crippen molar-refractivity contribution in [3.05, 3.63) is 21.4 Å². The second-order valence-corrected chi connectivity index (χ2v) is 9.85. The molecular formula is C21H32N2O3S. The largest absolute Gasteiger partial charge is 0.394 e. The maximum atomic E-state index is 13.1. The van der Waals surface area contributed by atoms with Gasteiger partial charge in [-0.1, -0.05) is 13.8 Å². The number of fused-ring (bicyclic) bond motifs is 2. The molecule has 0 unspecified atom stereocenters. The minimum atomic E-state index is -0.197. The van der Waals surface area contributed by atoms with Crippen molar-refractivity contribution < 1.29 is 14.6 Å². The summed E-state index contributed by atoms with van der Waals surface area (Å²) in [4.78, 5) is 19.6. The zero-order valence-electron chi connectivity index (χ0n) is 16.6. The SMILES string of the molecule is CC(C)CN1CCC2(CC1)OCCc1sc(C(=O)N3CCC[C@@H]3CO)cc12. The molecule has 150 valence electrons. The predicted octanol–water partition coefficient (Wildman–Crippen LogP) is 2.86. The molecule has 1 atom stereocenters. The third-order valence-corrected chi connectivity index (χ3v) is 7.54. The lowest BCUT2D eigenvalue weighted by molar-refractivity contribution is -0.0979. The highest BCUT2D eigenvalue weighted by molar-refractivity contribution is 7.14. The van der Waals surface area contributed by atoms with E-state index in [1.807, 2.05) is 4.90 Å². The van der Waals surface area contributed by atoms with Crippen LogP contribution in [0.3, 0.4) is 0 Å². The number of piperidine rings is 1. The van der Waals surface area contributed by atoms with E-state index in [4.69, 9.17) is 4.74 Å². The molecule has 0 saturated carbocycles. The van der Waals surface area contributed by atoms with E-state index in [1.165, 1.54) is 10.4 Å². The maximum Gasteiger partial charge on any atom is 0.264 e. The van der Waals surface area contributed by atoms with E-state index in [9.17, 15) is 9.90 Å². The number of amides is 1. The molecule has 0 bridgehead atoms. The Morgan fingerprint density at radius 3 is 2.85 bits per heavy atom. The smallest absolute Gasteiger partial charge is 0.264 e. The highest BCUT2D eigenvalue weighted by Crippen LogP contribution is 2.45. The summed E-state index contributed by atoms with van der Waals surface area (Å²) >= 11 is 1.66. The fourth-order valence-corrected chi connectivity index (χ4v) is 6.17. The first-order valence-corrected chi connectivity index (χ1v) is 11.3. The summed E-state index contributed by atoms with van der Waals surface area (Å²) < 4.78 is 6.36. The number of rotatable bonds is 4.